The minimum absolute atomic E-state index is 0. The molecule has 5 heteroatoms. The molecule has 0 bridgehead atoms. The molecule has 23 heavy (non-hydrogen) atoms. The molecule has 0 aliphatic heterocycles. The Morgan fingerprint density at radius 2 is 1.48 bits per heavy atom. The Bertz CT molecular complexity index is 582. The molecular formula is C18H28N2O3. The number of carbonyl (C=O) groups is 2. The van der Waals surface area contributed by atoms with Gasteiger partial charge in [-0.1, -0.05) is 50.2 Å². The molecule has 2 aromatic carbocycles. The number of hydroxylamine groups is 1. The lowest BCUT2D eigenvalue weighted by Crippen LogP contribution is -2.18. The molecule has 0 atom stereocenters. The summed E-state index contributed by atoms with van der Waals surface area (Å²) in [5.74, 6) is -0.334. The van der Waals surface area contributed by atoms with Crippen LogP contribution >= 0.6 is 0 Å². The molecule has 0 aromatic heterocycles. The highest BCUT2D eigenvalue weighted by Crippen LogP contribution is 2.11. The number of rotatable bonds is 4. The van der Waals surface area contributed by atoms with Crippen molar-refractivity contribution in [3.05, 3.63) is 66.2 Å². The Morgan fingerprint density at radius 1 is 1.00 bits per heavy atom. The molecule has 0 saturated carbocycles. The maximum absolute atomic E-state index is 11.5. The largest absolute Gasteiger partial charge is 0.326 e. The Kier molecular flexibility index (Phi) is 8.10. The SMILES string of the molecule is CC(C)CC(=O)Nc1ccc(C(=O)NO)cc1.[HH].[HH].[HH].c1ccccc1. The molecule has 0 unspecified atom stereocenters. The first-order valence-corrected chi connectivity index (χ1v) is 7.37. The van der Waals surface area contributed by atoms with Crippen LogP contribution < -0.4 is 10.8 Å². The third kappa shape index (κ3) is 7.78. The van der Waals surface area contributed by atoms with Crippen LogP contribution in [0, 0.1) is 5.92 Å². The van der Waals surface area contributed by atoms with Crippen LogP contribution in [0.3, 0.4) is 0 Å². The number of anilines is 1. The third-order valence-electron chi connectivity index (χ3n) is 2.79. The van der Waals surface area contributed by atoms with Crippen LogP contribution in [-0.2, 0) is 4.79 Å². The molecule has 2 amide bonds. The molecule has 0 fully saturated rings. The van der Waals surface area contributed by atoms with Gasteiger partial charge in [0.1, 0.15) is 0 Å². The van der Waals surface area contributed by atoms with Gasteiger partial charge in [-0.15, -0.1) is 0 Å². The van der Waals surface area contributed by atoms with Crippen LogP contribution in [-0.4, -0.2) is 17.0 Å². The normalized spacial score (nSPS) is 9.57. The minimum atomic E-state index is -0.579. The fraction of sp³-hybridized carbons (Fsp3) is 0.222. The van der Waals surface area contributed by atoms with Crippen molar-refractivity contribution in [2.24, 2.45) is 5.92 Å². The Morgan fingerprint density at radius 3 is 1.87 bits per heavy atom. The van der Waals surface area contributed by atoms with Crippen LogP contribution in [0.5, 0.6) is 0 Å². The fourth-order valence-corrected chi connectivity index (χ4v) is 1.74. The van der Waals surface area contributed by atoms with Gasteiger partial charge in [-0.05, 0) is 30.2 Å². The van der Waals surface area contributed by atoms with Crippen molar-refractivity contribution in [1.29, 1.82) is 0 Å². The average Bonchev–Trinajstić information content (AvgIpc) is 2.56. The third-order valence-corrected chi connectivity index (χ3v) is 2.79. The van der Waals surface area contributed by atoms with Crippen LogP contribution in [0.25, 0.3) is 0 Å². The summed E-state index contributed by atoms with van der Waals surface area (Å²) in [6, 6.07) is 18.3. The van der Waals surface area contributed by atoms with Crippen molar-refractivity contribution in [3.8, 4) is 0 Å². The molecule has 0 aliphatic carbocycles. The van der Waals surface area contributed by atoms with Crippen molar-refractivity contribution in [1.82, 2.24) is 5.48 Å². The highest BCUT2D eigenvalue weighted by molar-refractivity contribution is 5.95. The van der Waals surface area contributed by atoms with E-state index in [0.29, 0.717) is 23.6 Å². The molecular weight excluding hydrogens is 292 g/mol. The Labute approximate surface area is 140 Å². The van der Waals surface area contributed by atoms with Gasteiger partial charge in [-0.3, -0.25) is 14.8 Å². The second kappa shape index (κ2) is 10.1. The number of nitrogens with one attached hydrogen (secondary N) is 2. The molecule has 128 valence electrons. The monoisotopic (exact) mass is 320 g/mol. The summed E-state index contributed by atoms with van der Waals surface area (Å²) in [6.45, 7) is 3.93. The highest BCUT2D eigenvalue weighted by Gasteiger charge is 2.06. The van der Waals surface area contributed by atoms with Crippen molar-refractivity contribution in [2.45, 2.75) is 20.3 Å². The van der Waals surface area contributed by atoms with E-state index in [9.17, 15) is 9.59 Å². The predicted octanol–water partition coefficient (Wildman–Crippen LogP) is 4.21. The summed E-state index contributed by atoms with van der Waals surface area (Å²) >= 11 is 0. The van der Waals surface area contributed by atoms with Gasteiger partial charge < -0.3 is 5.32 Å². The molecule has 0 aliphatic rings. The highest BCUT2D eigenvalue weighted by atomic mass is 16.5. The molecule has 3 N–H and O–H groups in total. The number of amides is 2. The van der Waals surface area contributed by atoms with Crippen LogP contribution in [0.4, 0.5) is 5.69 Å². The molecule has 0 radical (unpaired) electrons. The zero-order chi connectivity index (χ0) is 17.1. The van der Waals surface area contributed by atoms with Gasteiger partial charge >= 0.3 is 0 Å². The van der Waals surface area contributed by atoms with Crippen LogP contribution in [0.2, 0.25) is 0 Å². The summed E-state index contributed by atoms with van der Waals surface area (Å²) in [5.41, 5.74) is 2.50. The van der Waals surface area contributed by atoms with E-state index in [1.165, 1.54) is 12.1 Å². The van der Waals surface area contributed by atoms with E-state index in [-0.39, 0.29) is 10.2 Å². The smallest absolute Gasteiger partial charge is 0.274 e. The first-order chi connectivity index (χ1) is 11.0. The number of hydrogen-bond donors (Lipinski definition) is 3. The standard InChI is InChI=1S/C12H16N2O3.C6H6.3H2/c1-8(2)7-11(15)13-10-5-3-9(4-6-10)12(16)14-17;1-2-4-6-5-3-1;;;/h3-6,8,17H,7H2,1-2H3,(H,13,15)(H,14,16);1-6H;3*1H. The average molecular weight is 320 g/mol. The van der Waals surface area contributed by atoms with E-state index < -0.39 is 5.91 Å². The zero-order valence-electron chi connectivity index (χ0n) is 13.3. The van der Waals surface area contributed by atoms with Gasteiger partial charge in [-0.25, -0.2) is 5.48 Å². The van der Waals surface area contributed by atoms with Crippen molar-refractivity contribution >= 4 is 17.5 Å². The van der Waals surface area contributed by atoms with E-state index in [0.717, 1.165) is 0 Å². The number of benzene rings is 2. The van der Waals surface area contributed by atoms with Crippen molar-refractivity contribution in [2.75, 3.05) is 5.32 Å². The second-order valence-electron chi connectivity index (χ2n) is 5.32. The molecule has 0 heterocycles. The zero-order valence-corrected chi connectivity index (χ0v) is 13.3. The predicted molar refractivity (Wildman–Crippen MR) is 96.6 cm³/mol. The summed E-state index contributed by atoms with van der Waals surface area (Å²) in [4.78, 5) is 22.5. The quantitative estimate of drug-likeness (QED) is 0.583. The van der Waals surface area contributed by atoms with Crippen molar-refractivity contribution in [3.63, 3.8) is 0 Å². The van der Waals surface area contributed by atoms with Gasteiger partial charge in [0.05, 0.1) is 0 Å². The van der Waals surface area contributed by atoms with Gasteiger partial charge in [0.25, 0.3) is 5.91 Å². The Balaban J connectivity index is -0.000000503. The number of hydrogen-bond acceptors (Lipinski definition) is 3. The lowest BCUT2D eigenvalue weighted by molar-refractivity contribution is -0.116. The lowest BCUT2D eigenvalue weighted by atomic mass is 10.1. The van der Waals surface area contributed by atoms with E-state index in [4.69, 9.17) is 5.21 Å². The van der Waals surface area contributed by atoms with Crippen LogP contribution in [0.1, 0.15) is 34.9 Å². The second-order valence-corrected chi connectivity index (χ2v) is 5.32. The fourth-order valence-electron chi connectivity index (χ4n) is 1.74. The van der Waals surface area contributed by atoms with Gasteiger partial charge in [0, 0.05) is 22.0 Å². The Hall–Kier alpha value is -2.66. The summed E-state index contributed by atoms with van der Waals surface area (Å²) in [5, 5.41) is 11.2. The summed E-state index contributed by atoms with van der Waals surface area (Å²) in [6.07, 6.45) is 0.457. The molecule has 5 nitrogen and oxygen atoms in total. The van der Waals surface area contributed by atoms with E-state index >= 15 is 0 Å². The first kappa shape index (κ1) is 18.4. The topological polar surface area (TPSA) is 78.4 Å². The number of carbonyl (C=O) groups excluding carboxylic acids is 2. The van der Waals surface area contributed by atoms with Gasteiger partial charge in [-0.2, -0.15) is 0 Å². The van der Waals surface area contributed by atoms with Gasteiger partial charge in [0.15, 0.2) is 0 Å². The van der Waals surface area contributed by atoms with Crippen molar-refractivity contribution < 1.29 is 19.1 Å². The summed E-state index contributed by atoms with van der Waals surface area (Å²) in [7, 11) is 0. The maximum atomic E-state index is 11.5. The molecule has 0 saturated heterocycles. The lowest BCUT2D eigenvalue weighted by Gasteiger charge is -2.07. The first-order valence-electron chi connectivity index (χ1n) is 7.37. The maximum Gasteiger partial charge on any atom is 0.274 e. The molecule has 0 spiro atoms. The van der Waals surface area contributed by atoms with E-state index in [1.54, 1.807) is 17.6 Å². The van der Waals surface area contributed by atoms with Crippen LogP contribution in [0.15, 0.2) is 60.7 Å². The van der Waals surface area contributed by atoms with E-state index in [2.05, 4.69) is 5.32 Å². The molecule has 2 aromatic rings. The van der Waals surface area contributed by atoms with E-state index in [1.807, 2.05) is 50.2 Å². The van der Waals surface area contributed by atoms with Gasteiger partial charge in [0.2, 0.25) is 5.91 Å². The molecule has 2 rings (SSSR count). The summed E-state index contributed by atoms with van der Waals surface area (Å²) < 4.78 is 0. The minimum Gasteiger partial charge on any atom is -0.326 e.